The highest BCUT2D eigenvalue weighted by atomic mass is 16.4. The second-order valence-electron chi connectivity index (χ2n) is 6.49. The molecule has 2 heterocycles. The number of nitrogens with one attached hydrogen (secondary N) is 1. The van der Waals surface area contributed by atoms with Crippen LogP contribution in [0.3, 0.4) is 0 Å². The Bertz CT molecular complexity index is 322. The zero-order valence-corrected chi connectivity index (χ0v) is 12.8. The Morgan fingerprint density at radius 2 is 2.10 bits per heavy atom. The van der Waals surface area contributed by atoms with Gasteiger partial charge in [-0.15, -0.1) is 0 Å². The molecule has 116 valence electrons. The van der Waals surface area contributed by atoms with E-state index in [0.29, 0.717) is 12.5 Å². The van der Waals surface area contributed by atoms with E-state index in [1.165, 1.54) is 25.8 Å². The van der Waals surface area contributed by atoms with Gasteiger partial charge in [0.2, 0.25) is 0 Å². The summed E-state index contributed by atoms with van der Waals surface area (Å²) in [5.74, 6) is -0.727. The van der Waals surface area contributed by atoms with Gasteiger partial charge in [-0.05, 0) is 25.8 Å². The van der Waals surface area contributed by atoms with E-state index in [2.05, 4.69) is 15.1 Å². The quantitative estimate of drug-likeness (QED) is 0.761. The normalized spacial score (nSPS) is 26.4. The van der Waals surface area contributed by atoms with Crippen LogP contribution in [0.25, 0.3) is 0 Å². The molecule has 5 nitrogen and oxygen atoms in total. The molecule has 0 saturated carbocycles. The second-order valence-corrected chi connectivity index (χ2v) is 6.49. The molecule has 0 aromatic rings. The van der Waals surface area contributed by atoms with Gasteiger partial charge in [0, 0.05) is 38.3 Å². The molecule has 0 amide bonds. The lowest BCUT2D eigenvalue weighted by atomic mass is 9.99. The number of fused-ring (bicyclic) bond motifs is 1. The average molecular weight is 283 g/mol. The molecule has 2 saturated heterocycles. The first-order valence-electron chi connectivity index (χ1n) is 8.01. The summed E-state index contributed by atoms with van der Waals surface area (Å²) in [7, 11) is 0. The molecule has 2 N–H and O–H groups in total. The Balaban J connectivity index is 1.76. The number of carboxylic acid groups (broad SMARTS) is 1. The van der Waals surface area contributed by atoms with Crippen LogP contribution in [0.15, 0.2) is 0 Å². The van der Waals surface area contributed by atoms with Crippen LogP contribution in [0, 0.1) is 0 Å². The van der Waals surface area contributed by atoms with Crippen LogP contribution >= 0.6 is 0 Å². The molecule has 2 fully saturated rings. The highest BCUT2D eigenvalue weighted by Crippen LogP contribution is 2.21. The van der Waals surface area contributed by atoms with Gasteiger partial charge in [0.15, 0.2) is 0 Å². The Hall–Kier alpha value is -0.650. The summed E-state index contributed by atoms with van der Waals surface area (Å²) >= 11 is 0. The van der Waals surface area contributed by atoms with E-state index < -0.39 is 12.0 Å². The summed E-state index contributed by atoms with van der Waals surface area (Å²) < 4.78 is 0. The molecule has 0 bridgehead atoms. The molecule has 0 aliphatic carbocycles. The number of nitrogens with zero attached hydrogens (tertiary/aromatic N) is 2. The Morgan fingerprint density at radius 3 is 2.80 bits per heavy atom. The largest absolute Gasteiger partial charge is 0.480 e. The molecule has 2 unspecified atom stereocenters. The topological polar surface area (TPSA) is 55.8 Å². The lowest BCUT2D eigenvalue weighted by Gasteiger charge is -2.44. The predicted molar refractivity (Wildman–Crippen MR) is 80.0 cm³/mol. The van der Waals surface area contributed by atoms with Crippen molar-refractivity contribution in [2.75, 3.05) is 32.7 Å². The number of piperazine rings is 1. The maximum atomic E-state index is 11.2. The van der Waals surface area contributed by atoms with Crippen LogP contribution in [0.4, 0.5) is 0 Å². The fourth-order valence-electron chi connectivity index (χ4n) is 3.42. The fourth-order valence-corrected chi connectivity index (χ4v) is 3.42. The number of hydrogen-bond donors (Lipinski definition) is 2. The monoisotopic (exact) mass is 283 g/mol. The van der Waals surface area contributed by atoms with Crippen molar-refractivity contribution in [3.63, 3.8) is 0 Å². The van der Waals surface area contributed by atoms with Crippen LogP contribution in [0.1, 0.15) is 39.5 Å². The number of carbonyl (C=O) groups is 1. The maximum absolute atomic E-state index is 11.2. The van der Waals surface area contributed by atoms with E-state index in [1.54, 1.807) is 0 Å². The summed E-state index contributed by atoms with van der Waals surface area (Å²) in [4.78, 5) is 16.3. The van der Waals surface area contributed by atoms with Crippen molar-refractivity contribution in [2.24, 2.45) is 0 Å². The van der Waals surface area contributed by atoms with Crippen molar-refractivity contribution in [1.29, 1.82) is 0 Å². The standard InChI is InChI=1S/C15H29N3O2/c1-12(2)16-14(15(19)20)6-8-17-9-10-18-7-4-3-5-13(18)11-17/h12-14,16H,3-11H2,1-2H3,(H,19,20). The molecular formula is C15H29N3O2. The zero-order chi connectivity index (χ0) is 14.5. The third kappa shape index (κ3) is 4.43. The van der Waals surface area contributed by atoms with E-state index in [-0.39, 0.29) is 6.04 Å². The van der Waals surface area contributed by atoms with Gasteiger partial charge >= 0.3 is 5.97 Å². The van der Waals surface area contributed by atoms with Crippen molar-refractivity contribution >= 4 is 5.97 Å². The minimum Gasteiger partial charge on any atom is -0.480 e. The van der Waals surface area contributed by atoms with E-state index in [0.717, 1.165) is 26.2 Å². The van der Waals surface area contributed by atoms with Gasteiger partial charge in [-0.1, -0.05) is 20.3 Å². The van der Waals surface area contributed by atoms with Crippen LogP contribution in [0.2, 0.25) is 0 Å². The molecule has 0 aromatic heterocycles. The average Bonchev–Trinajstić information content (AvgIpc) is 2.42. The van der Waals surface area contributed by atoms with Gasteiger partial charge in [-0.3, -0.25) is 9.69 Å². The van der Waals surface area contributed by atoms with E-state index in [4.69, 9.17) is 0 Å². The summed E-state index contributed by atoms with van der Waals surface area (Å²) in [6.07, 6.45) is 4.70. The highest BCUT2D eigenvalue weighted by Gasteiger charge is 2.29. The summed E-state index contributed by atoms with van der Waals surface area (Å²) in [6.45, 7) is 9.50. The van der Waals surface area contributed by atoms with Crippen LogP contribution < -0.4 is 5.32 Å². The molecule has 0 aromatic carbocycles. The Morgan fingerprint density at radius 1 is 1.30 bits per heavy atom. The van der Waals surface area contributed by atoms with E-state index in [9.17, 15) is 9.90 Å². The first-order chi connectivity index (χ1) is 9.56. The SMILES string of the molecule is CC(C)NC(CCN1CCN2CCCCC2C1)C(=O)O. The maximum Gasteiger partial charge on any atom is 0.320 e. The van der Waals surface area contributed by atoms with Crippen molar-refractivity contribution in [3.8, 4) is 0 Å². The number of rotatable bonds is 6. The predicted octanol–water partition coefficient (Wildman–Crippen LogP) is 0.998. The smallest absolute Gasteiger partial charge is 0.320 e. The fraction of sp³-hybridized carbons (Fsp3) is 0.933. The van der Waals surface area contributed by atoms with Crippen LogP contribution in [-0.2, 0) is 4.79 Å². The summed E-state index contributed by atoms with van der Waals surface area (Å²) in [5.41, 5.74) is 0. The van der Waals surface area contributed by atoms with E-state index in [1.807, 2.05) is 13.8 Å². The van der Waals surface area contributed by atoms with Crippen molar-refractivity contribution in [2.45, 2.75) is 57.7 Å². The molecule has 0 spiro atoms. The van der Waals surface area contributed by atoms with Gasteiger partial charge in [-0.2, -0.15) is 0 Å². The molecule has 2 atom stereocenters. The first-order valence-corrected chi connectivity index (χ1v) is 8.01. The van der Waals surface area contributed by atoms with Crippen molar-refractivity contribution < 1.29 is 9.90 Å². The number of aliphatic carboxylic acids is 1. The second kappa shape index (κ2) is 7.38. The lowest BCUT2D eigenvalue weighted by molar-refractivity contribution is -0.140. The molecule has 5 heteroatoms. The molecular weight excluding hydrogens is 254 g/mol. The van der Waals surface area contributed by atoms with E-state index >= 15 is 0 Å². The van der Waals surface area contributed by atoms with Crippen molar-refractivity contribution in [3.05, 3.63) is 0 Å². The van der Waals surface area contributed by atoms with Gasteiger partial charge in [0.05, 0.1) is 0 Å². The van der Waals surface area contributed by atoms with Gasteiger partial charge < -0.3 is 15.3 Å². The molecule has 0 radical (unpaired) electrons. The molecule has 20 heavy (non-hydrogen) atoms. The number of hydrogen-bond acceptors (Lipinski definition) is 4. The van der Waals surface area contributed by atoms with Gasteiger partial charge in [0.25, 0.3) is 0 Å². The molecule has 2 aliphatic heterocycles. The van der Waals surface area contributed by atoms with Gasteiger partial charge in [-0.25, -0.2) is 0 Å². The Labute approximate surface area is 122 Å². The van der Waals surface area contributed by atoms with Gasteiger partial charge in [0.1, 0.15) is 6.04 Å². The minimum absolute atomic E-state index is 0.214. The van der Waals surface area contributed by atoms with Crippen molar-refractivity contribution in [1.82, 2.24) is 15.1 Å². The zero-order valence-electron chi connectivity index (χ0n) is 12.8. The molecule has 2 aliphatic rings. The summed E-state index contributed by atoms with van der Waals surface area (Å²) in [5, 5.41) is 12.4. The lowest BCUT2D eigenvalue weighted by Crippen LogP contribution is -2.55. The third-order valence-electron chi connectivity index (χ3n) is 4.49. The van der Waals surface area contributed by atoms with Crippen LogP contribution in [-0.4, -0.2) is 71.7 Å². The van der Waals surface area contributed by atoms with Crippen LogP contribution in [0.5, 0.6) is 0 Å². The minimum atomic E-state index is -0.727. The number of carboxylic acids is 1. The third-order valence-corrected chi connectivity index (χ3v) is 4.49. The first kappa shape index (κ1) is 15.7. The number of piperidine rings is 1. The Kier molecular flexibility index (Phi) is 5.81. The molecule has 2 rings (SSSR count). The summed E-state index contributed by atoms with van der Waals surface area (Å²) in [6, 6.07) is 0.504. The highest BCUT2D eigenvalue weighted by molar-refractivity contribution is 5.73.